The Kier molecular flexibility index (Phi) is 6.88. The Morgan fingerprint density at radius 2 is 1.57 bits per heavy atom. The highest BCUT2D eigenvalue weighted by Gasteiger charge is 2.30. The molecule has 0 N–H and O–H groups in total. The molecule has 0 aromatic rings. The maximum absolute atomic E-state index is 11.0. The number of unbranched alkanes of at least 4 members (excludes halogenated alkanes) is 2. The molecule has 0 saturated heterocycles. The second-order valence-corrected chi connectivity index (χ2v) is 8.35. The van der Waals surface area contributed by atoms with Gasteiger partial charge in [-0.1, -0.05) is 39.5 Å². The zero-order chi connectivity index (χ0) is 11.0. The van der Waals surface area contributed by atoms with Crippen molar-refractivity contribution in [2.45, 2.75) is 65.1 Å². The molecule has 14 heavy (non-hydrogen) atoms. The molecule has 0 aliphatic heterocycles. The van der Waals surface area contributed by atoms with Crippen LogP contribution in [0.4, 0.5) is 0 Å². The molecule has 0 unspecified atom stereocenters. The normalized spacial score (nSPS) is 11.4. The highest BCUT2D eigenvalue weighted by atomic mass is 28.4. The molecule has 3 heteroatoms. The average Bonchev–Trinajstić information content (AvgIpc) is 2.11. The van der Waals surface area contributed by atoms with Gasteiger partial charge >= 0.3 is 0 Å². The summed E-state index contributed by atoms with van der Waals surface area (Å²) in [6, 6.07) is 2.26. The van der Waals surface area contributed by atoms with E-state index in [4.69, 9.17) is 4.43 Å². The van der Waals surface area contributed by atoms with Crippen molar-refractivity contribution >= 4 is 14.3 Å². The number of hydrogen-bond acceptors (Lipinski definition) is 2. The summed E-state index contributed by atoms with van der Waals surface area (Å²) in [6.45, 7) is 8.09. The highest BCUT2D eigenvalue weighted by molar-refractivity contribution is 6.73. The molecule has 0 aromatic carbocycles. The van der Waals surface area contributed by atoms with Crippen molar-refractivity contribution in [1.29, 1.82) is 0 Å². The average molecular weight is 216 g/mol. The summed E-state index contributed by atoms with van der Waals surface area (Å²) in [7, 11) is -1.70. The van der Waals surface area contributed by atoms with Crippen molar-refractivity contribution in [3.63, 3.8) is 0 Å². The summed E-state index contributed by atoms with van der Waals surface area (Å²) >= 11 is 0. The lowest BCUT2D eigenvalue weighted by Gasteiger charge is -2.26. The van der Waals surface area contributed by atoms with Gasteiger partial charge in [0.1, 0.15) is 0 Å². The molecule has 0 rings (SSSR count). The van der Waals surface area contributed by atoms with Crippen LogP contribution in [0.3, 0.4) is 0 Å². The van der Waals surface area contributed by atoms with Crippen LogP contribution in [0.1, 0.15) is 46.5 Å². The van der Waals surface area contributed by atoms with E-state index in [1.54, 1.807) is 0 Å². The van der Waals surface area contributed by atoms with Crippen molar-refractivity contribution in [3.8, 4) is 0 Å². The fourth-order valence-corrected chi connectivity index (χ4v) is 5.03. The number of carbonyl (C=O) groups excluding carboxylic acids is 1. The molecule has 2 nitrogen and oxygen atoms in total. The topological polar surface area (TPSA) is 26.3 Å². The first-order valence-electron chi connectivity index (χ1n) is 5.73. The van der Waals surface area contributed by atoms with Gasteiger partial charge in [0, 0.05) is 6.92 Å². The molecule has 0 saturated carbocycles. The van der Waals surface area contributed by atoms with E-state index in [1.807, 2.05) is 0 Å². The lowest BCUT2D eigenvalue weighted by molar-refractivity contribution is -0.132. The molecule has 0 aliphatic carbocycles. The van der Waals surface area contributed by atoms with Gasteiger partial charge in [-0.25, -0.2) is 0 Å². The Hall–Kier alpha value is -0.313. The molecule has 0 heterocycles. The maximum Gasteiger partial charge on any atom is 0.289 e. The van der Waals surface area contributed by atoms with E-state index in [1.165, 1.54) is 32.6 Å². The lowest BCUT2D eigenvalue weighted by Crippen LogP contribution is -2.36. The first-order chi connectivity index (χ1) is 6.54. The quantitative estimate of drug-likeness (QED) is 0.606. The highest BCUT2D eigenvalue weighted by Crippen LogP contribution is 2.23. The van der Waals surface area contributed by atoms with E-state index in [0.29, 0.717) is 0 Å². The summed E-state index contributed by atoms with van der Waals surface area (Å²) in [6.07, 6.45) is 4.77. The van der Waals surface area contributed by atoms with E-state index in [2.05, 4.69) is 20.4 Å². The first-order valence-corrected chi connectivity index (χ1v) is 8.56. The van der Waals surface area contributed by atoms with Crippen LogP contribution in [0.25, 0.3) is 0 Å². The fraction of sp³-hybridized carbons (Fsp3) is 0.909. The van der Waals surface area contributed by atoms with Gasteiger partial charge in [0.05, 0.1) is 0 Å². The summed E-state index contributed by atoms with van der Waals surface area (Å²) in [5.41, 5.74) is 0. The Morgan fingerprint density at radius 3 is 1.86 bits per heavy atom. The third-order valence-corrected chi connectivity index (χ3v) is 6.11. The lowest BCUT2D eigenvalue weighted by atomic mass is 10.4. The van der Waals surface area contributed by atoms with E-state index < -0.39 is 8.32 Å². The molecule has 0 atom stereocenters. The van der Waals surface area contributed by atoms with Crippen molar-refractivity contribution in [2.24, 2.45) is 0 Å². The fourth-order valence-electron chi connectivity index (χ4n) is 1.68. The molecular weight excluding hydrogens is 192 g/mol. The van der Waals surface area contributed by atoms with Crippen LogP contribution in [-0.4, -0.2) is 14.3 Å². The minimum Gasteiger partial charge on any atom is -0.520 e. The van der Waals surface area contributed by atoms with E-state index in [-0.39, 0.29) is 5.97 Å². The second-order valence-electron chi connectivity index (χ2n) is 4.25. The third-order valence-electron chi connectivity index (χ3n) is 2.51. The Bertz CT molecular complexity index is 161. The Morgan fingerprint density at radius 1 is 1.14 bits per heavy atom. The van der Waals surface area contributed by atoms with Crippen LogP contribution in [0.5, 0.6) is 0 Å². The third kappa shape index (κ3) is 6.19. The van der Waals surface area contributed by atoms with Crippen molar-refractivity contribution in [1.82, 2.24) is 0 Å². The van der Waals surface area contributed by atoms with Crippen LogP contribution >= 0.6 is 0 Å². The van der Waals surface area contributed by atoms with Gasteiger partial charge in [0.25, 0.3) is 14.3 Å². The van der Waals surface area contributed by atoms with Crippen LogP contribution in [0.2, 0.25) is 18.6 Å². The Balaban J connectivity index is 4.09. The largest absolute Gasteiger partial charge is 0.520 e. The predicted octanol–water partition coefficient (Wildman–Crippen LogP) is 3.73. The van der Waals surface area contributed by atoms with Crippen LogP contribution in [0, 0.1) is 0 Å². The van der Waals surface area contributed by atoms with Gasteiger partial charge in [-0.15, -0.1) is 0 Å². The van der Waals surface area contributed by atoms with E-state index in [0.717, 1.165) is 12.1 Å². The van der Waals surface area contributed by atoms with Crippen LogP contribution in [0.15, 0.2) is 0 Å². The number of hydrogen-bond donors (Lipinski definition) is 0. The van der Waals surface area contributed by atoms with Crippen molar-refractivity contribution in [3.05, 3.63) is 0 Å². The van der Waals surface area contributed by atoms with Gasteiger partial charge in [-0.05, 0) is 18.6 Å². The second kappa shape index (κ2) is 7.04. The molecule has 0 bridgehead atoms. The van der Waals surface area contributed by atoms with Gasteiger partial charge in [-0.3, -0.25) is 4.79 Å². The minimum absolute atomic E-state index is 0.0913. The molecule has 0 spiro atoms. The van der Waals surface area contributed by atoms with Gasteiger partial charge in [0.2, 0.25) is 0 Å². The van der Waals surface area contributed by atoms with Crippen molar-refractivity contribution < 1.29 is 9.22 Å². The zero-order valence-electron chi connectivity index (χ0n) is 10.1. The van der Waals surface area contributed by atoms with Gasteiger partial charge < -0.3 is 4.43 Å². The summed E-state index contributed by atoms with van der Waals surface area (Å²) in [5, 5.41) is 0. The zero-order valence-corrected chi connectivity index (χ0v) is 11.1. The molecule has 0 radical (unpaired) electrons. The molecule has 0 amide bonds. The summed E-state index contributed by atoms with van der Waals surface area (Å²) in [5.74, 6) is -0.0913. The SMILES string of the molecule is CCCC[Si](C)(CCCC)OC(C)=O. The molecule has 84 valence electrons. The predicted molar refractivity (Wildman–Crippen MR) is 62.8 cm³/mol. The van der Waals surface area contributed by atoms with Gasteiger partial charge in [-0.2, -0.15) is 0 Å². The maximum atomic E-state index is 11.0. The van der Waals surface area contributed by atoms with Crippen LogP contribution < -0.4 is 0 Å². The van der Waals surface area contributed by atoms with Crippen LogP contribution in [-0.2, 0) is 9.22 Å². The molecule has 0 aliphatic rings. The first kappa shape index (κ1) is 13.7. The van der Waals surface area contributed by atoms with Gasteiger partial charge in [0.15, 0.2) is 0 Å². The smallest absolute Gasteiger partial charge is 0.289 e. The standard InChI is InChI=1S/C11H24O2Si/c1-5-7-9-14(4,10-8-6-2)13-11(3)12/h5-10H2,1-4H3. The number of carbonyl (C=O) groups is 1. The number of rotatable bonds is 7. The summed E-state index contributed by atoms with van der Waals surface area (Å²) < 4.78 is 5.54. The Labute approximate surface area is 89.2 Å². The summed E-state index contributed by atoms with van der Waals surface area (Å²) in [4.78, 5) is 11.0. The monoisotopic (exact) mass is 216 g/mol. The van der Waals surface area contributed by atoms with Crippen molar-refractivity contribution in [2.75, 3.05) is 0 Å². The molecule has 0 aromatic heterocycles. The molecular formula is C11H24O2Si. The minimum atomic E-state index is -1.70. The van der Waals surface area contributed by atoms with E-state index in [9.17, 15) is 4.79 Å². The molecule has 0 fully saturated rings. The van der Waals surface area contributed by atoms with E-state index >= 15 is 0 Å².